The van der Waals surface area contributed by atoms with E-state index in [1.807, 2.05) is 0 Å². The highest BCUT2D eigenvalue weighted by Crippen LogP contribution is 2.33. The summed E-state index contributed by atoms with van der Waals surface area (Å²) in [4.78, 5) is 0. The second kappa shape index (κ2) is 3.85. The SMILES string of the molecule is C=Cc1c(OC)cc(O)cc1OC. The van der Waals surface area contributed by atoms with Gasteiger partial charge >= 0.3 is 0 Å². The van der Waals surface area contributed by atoms with E-state index in [0.29, 0.717) is 11.5 Å². The molecule has 0 radical (unpaired) electrons. The van der Waals surface area contributed by atoms with Crippen LogP contribution < -0.4 is 9.47 Å². The summed E-state index contributed by atoms with van der Waals surface area (Å²) in [6.45, 7) is 3.64. The van der Waals surface area contributed by atoms with Gasteiger partial charge in [-0.2, -0.15) is 0 Å². The third-order valence-corrected chi connectivity index (χ3v) is 1.73. The first-order valence-corrected chi connectivity index (χ1v) is 3.80. The minimum Gasteiger partial charge on any atom is -0.508 e. The quantitative estimate of drug-likeness (QED) is 0.773. The number of rotatable bonds is 3. The predicted molar refractivity (Wildman–Crippen MR) is 51.3 cm³/mol. The Morgan fingerprint density at radius 2 is 1.69 bits per heavy atom. The van der Waals surface area contributed by atoms with E-state index in [0.717, 1.165) is 5.56 Å². The topological polar surface area (TPSA) is 38.7 Å². The Morgan fingerprint density at radius 1 is 1.23 bits per heavy atom. The van der Waals surface area contributed by atoms with E-state index in [2.05, 4.69) is 6.58 Å². The van der Waals surface area contributed by atoms with Crippen molar-refractivity contribution < 1.29 is 14.6 Å². The summed E-state index contributed by atoms with van der Waals surface area (Å²) >= 11 is 0. The fraction of sp³-hybridized carbons (Fsp3) is 0.200. The van der Waals surface area contributed by atoms with E-state index in [9.17, 15) is 5.11 Å². The Bertz CT molecular complexity index is 293. The lowest BCUT2D eigenvalue weighted by Gasteiger charge is -2.10. The van der Waals surface area contributed by atoms with Crippen molar-refractivity contribution >= 4 is 6.08 Å². The van der Waals surface area contributed by atoms with Gasteiger partial charge in [0.1, 0.15) is 17.2 Å². The Balaban J connectivity index is 3.33. The number of aromatic hydroxyl groups is 1. The van der Waals surface area contributed by atoms with Gasteiger partial charge in [-0.1, -0.05) is 12.7 Å². The summed E-state index contributed by atoms with van der Waals surface area (Å²) in [7, 11) is 3.06. The maximum atomic E-state index is 9.28. The molecule has 0 saturated heterocycles. The predicted octanol–water partition coefficient (Wildman–Crippen LogP) is 2.05. The van der Waals surface area contributed by atoms with Crippen molar-refractivity contribution in [2.75, 3.05) is 14.2 Å². The number of ether oxygens (including phenoxy) is 2. The molecular weight excluding hydrogens is 168 g/mol. The number of phenolic OH excluding ortho intramolecular Hbond substituents is 1. The van der Waals surface area contributed by atoms with Crippen molar-refractivity contribution in [2.24, 2.45) is 0 Å². The van der Waals surface area contributed by atoms with E-state index in [1.165, 1.54) is 26.4 Å². The van der Waals surface area contributed by atoms with Crippen molar-refractivity contribution in [3.63, 3.8) is 0 Å². The fourth-order valence-electron chi connectivity index (χ4n) is 1.13. The maximum absolute atomic E-state index is 9.28. The number of phenols is 1. The fourth-order valence-corrected chi connectivity index (χ4v) is 1.13. The van der Waals surface area contributed by atoms with Crippen LogP contribution in [0.3, 0.4) is 0 Å². The van der Waals surface area contributed by atoms with E-state index in [-0.39, 0.29) is 5.75 Å². The van der Waals surface area contributed by atoms with Crippen LogP contribution in [-0.4, -0.2) is 19.3 Å². The van der Waals surface area contributed by atoms with Gasteiger partial charge < -0.3 is 14.6 Å². The van der Waals surface area contributed by atoms with Crippen LogP contribution in [0.4, 0.5) is 0 Å². The third-order valence-electron chi connectivity index (χ3n) is 1.73. The van der Waals surface area contributed by atoms with Crippen molar-refractivity contribution in [3.8, 4) is 17.2 Å². The van der Waals surface area contributed by atoms with Crippen LogP contribution in [0.25, 0.3) is 6.08 Å². The Morgan fingerprint density at radius 3 is 2.00 bits per heavy atom. The zero-order valence-electron chi connectivity index (χ0n) is 7.70. The molecule has 3 nitrogen and oxygen atoms in total. The molecule has 0 aliphatic carbocycles. The molecule has 0 fully saturated rings. The summed E-state index contributed by atoms with van der Waals surface area (Å²) in [6, 6.07) is 3.03. The van der Waals surface area contributed by atoms with Crippen LogP contribution in [0.1, 0.15) is 5.56 Å². The first-order chi connectivity index (χ1) is 6.22. The van der Waals surface area contributed by atoms with Crippen LogP contribution in [0.15, 0.2) is 18.7 Å². The number of methoxy groups -OCH3 is 2. The highest BCUT2D eigenvalue weighted by molar-refractivity contribution is 5.65. The van der Waals surface area contributed by atoms with Gasteiger partial charge in [-0.25, -0.2) is 0 Å². The molecule has 1 aromatic carbocycles. The summed E-state index contributed by atoms with van der Waals surface area (Å²) in [5, 5.41) is 9.28. The largest absolute Gasteiger partial charge is 0.508 e. The van der Waals surface area contributed by atoms with Crippen molar-refractivity contribution in [1.82, 2.24) is 0 Å². The lowest BCUT2D eigenvalue weighted by Crippen LogP contribution is -1.91. The van der Waals surface area contributed by atoms with Gasteiger partial charge in [0.05, 0.1) is 19.8 Å². The standard InChI is InChI=1S/C10H12O3/c1-4-8-9(12-2)5-7(11)6-10(8)13-3/h4-6,11H,1H2,2-3H3. The average molecular weight is 180 g/mol. The molecule has 0 aliphatic heterocycles. The monoisotopic (exact) mass is 180 g/mol. The first kappa shape index (κ1) is 9.45. The third kappa shape index (κ3) is 1.75. The molecule has 1 rings (SSSR count). The molecule has 0 heterocycles. The molecule has 0 atom stereocenters. The summed E-state index contributed by atoms with van der Waals surface area (Å²) < 4.78 is 10.1. The molecule has 1 aromatic rings. The van der Waals surface area contributed by atoms with Gasteiger partial charge in [-0.15, -0.1) is 0 Å². The van der Waals surface area contributed by atoms with E-state index in [4.69, 9.17) is 9.47 Å². The van der Waals surface area contributed by atoms with Crippen molar-refractivity contribution in [1.29, 1.82) is 0 Å². The molecule has 70 valence electrons. The summed E-state index contributed by atoms with van der Waals surface area (Å²) in [6.07, 6.45) is 1.62. The molecule has 0 saturated carbocycles. The molecule has 1 N–H and O–H groups in total. The zero-order chi connectivity index (χ0) is 9.84. The molecule has 0 unspecified atom stereocenters. The Kier molecular flexibility index (Phi) is 2.80. The van der Waals surface area contributed by atoms with E-state index < -0.39 is 0 Å². The lowest BCUT2D eigenvalue weighted by atomic mass is 10.1. The molecule has 0 amide bonds. The summed E-state index contributed by atoms with van der Waals surface area (Å²) in [5.41, 5.74) is 0.739. The number of hydrogen-bond acceptors (Lipinski definition) is 3. The highest BCUT2D eigenvalue weighted by Gasteiger charge is 2.08. The lowest BCUT2D eigenvalue weighted by molar-refractivity contribution is 0.383. The molecule has 0 bridgehead atoms. The minimum absolute atomic E-state index is 0.110. The van der Waals surface area contributed by atoms with Crippen LogP contribution in [0.2, 0.25) is 0 Å². The first-order valence-electron chi connectivity index (χ1n) is 3.80. The van der Waals surface area contributed by atoms with Gasteiger partial charge in [0.25, 0.3) is 0 Å². The van der Waals surface area contributed by atoms with Crippen LogP contribution >= 0.6 is 0 Å². The highest BCUT2D eigenvalue weighted by atomic mass is 16.5. The smallest absolute Gasteiger partial charge is 0.133 e. The maximum Gasteiger partial charge on any atom is 0.133 e. The van der Waals surface area contributed by atoms with Crippen LogP contribution in [0, 0.1) is 0 Å². The Labute approximate surface area is 77.2 Å². The molecule has 0 aliphatic rings. The molecule has 0 aromatic heterocycles. The van der Waals surface area contributed by atoms with Gasteiger partial charge in [0.15, 0.2) is 0 Å². The number of benzene rings is 1. The molecule has 0 spiro atoms. The minimum atomic E-state index is 0.110. The van der Waals surface area contributed by atoms with Crippen molar-refractivity contribution in [3.05, 3.63) is 24.3 Å². The van der Waals surface area contributed by atoms with E-state index >= 15 is 0 Å². The van der Waals surface area contributed by atoms with Gasteiger partial charge in [-0.3, -0.25) is 0 Å². The zero-order valence-corrected chi connectivity index (χ0v) is 7.70. The van der Waals surface area contributed by atoms with Gasteiger partial charge in [0, 0.05) is 12.1 Å². The van der Waals surface area contributed by atoms with Crippen LogP contribution in [-0.2, 0) is 0 Å². The second-order valence-electron chi connectivity index (χ2n) is 2.47. The van der Waals surface area contributed by atoms with Gasteiger partial charge in [-0.05, 0) is 0 Å². The van der Waals surface area contributed by atoms with Crippen molar-refractivity contribution in [2.45, 2.75) is 0 Å². The summed E-state index contributed by atoms with van der Waals surface area (Å²) in [5.74, 6) is 1.21. The molecule has 3 heteroatoms. The number of hydrogen-bond donors (Lipinski definition) is 1. The van der Waals surface area contributed by atoms with Crippen LogP contribution in [0.5, 0.6) is 17.2 Å². The average Bonchev–Trinajstić information content (AvgIpc) is 2.16. The molecular formula is C10H12O3. The van der Waals surface area contributed by atoms with E-state index in [1.54, 1.807) is 6.08 Å². The van der Waals surface area contributed by atoms with Gasteiger partial charge in [0.2, 0.25) is 0 Å². The molecule has 13 heavy (non-hydrogen) atoms. The second-order valence-corrected chi connectivity index (χ2v) is 2.47. The normalized spacial score (nSPS) is 9.38. The Hall–Kier alpha value is -1.64.